The summed E-state index contributed by atoms with van der Waals surface area (Å²) in [7, 11) is -0.945. The Hall–Kier alpha value is -2.10. The first kappa shape index (κ1) is 19.2. The average molecular weight is 388 g/mol. The maximum atomic E-state index is 12.5. The van der Waals surface area contributed by atoms with Crippen molar-refractivity contribution < 1.29 is 22.7 Å². The van der Waals surface area contributed by atoms with E-state index < -0.39 is 15.9 Å². The number of aromatic nitrogens is 2. The third-order valence-corrected chi connectivity index (χ3v) is 4.73. The Morgan fingerprint density at radius 1 is 1.32 bits per heavy atom. The Labute approximate surface area is 150 Å². The number of hydrogen-bond acceptors (Lipinski definition) is 6. The van der Waals surface area contributed by atoms with Gasteiger partial charge in [0.1, 0.15) is 17.3 Å². The summed E-state index contributed by atoms with van der Waals surface area (Å²) in [5.74, 6) is -0.624. The second-order valence-corrected chi connectivity index (χ2v) is 7.21. The molecule has 1 N–H and O–H groups in total. The van der Waals surface area contributed by atoms with Crippen molar-refractivity contribution in [3.63, 3.8) is 0 Å². The van der Waals surface area contributed by atoms with Crippen molar-refractivity contribution >= 4 is 27.5 Å². The molecule has 0 fully saturated rings. The zero-order valence-electron chi connectivity index (χ0n) is 13.7. The van der Waals surface area contributed by atoms with E-state index in [-0.39, 0.29) is 35.3 Å². The van der Waals surface area contributed by atoms with Crippen LogP contribution in [0.4, 0.5) is 0 Å². The summed E-state index contributed by atoms with van der Waals surface area (Å²) in [6.07, 6.45) is 1.50. The van der Waals surface area contributed by atoms with E-state index in [4.69, 9.17) is 21.1 Å². The molecule has 1 heterocycles. The molecule has 1 aromatic carbocycles. The predicted molar refractivity (Wildman–Crippen MR) is 91.1 cm³/mol. The highest BCUT2D eigenvalue weighted by atomic mass is 35.5. The molecule has 0 radical (unpaired) electrons. The maximum absolute atomic E-state index is 12.5. The molecule has 0 spiro atoms. The van der Waals surface area contributed by atoms with Crippen molar-refractivity contribution in [2.75, 3.05) is 20.3 Å². The number of amides is 1. The number of sulfonamides is 1. The Morgan fingerprint density at radius 2 is 2.08 bits per heavy atom. The van der Waals surface area contributed by atoms with Crippen LogP contribution in [0.3, 0.4) is 0 Å². The zero-order chi connectivity index (χ0) is 18.4. The number of hydrogen-bond donors (Lipinski definition) is 1. The number of rotatable bonds is 8. The molecular weight excluding hydrogens is 370 g/mol. The van der Waals surface area contributed by atoms with Crippen LogP contribution in [0.2, 0.25) is 5.02 Å². The van der Waals surface area contributed by atoms with Crippen LogP contribution < -0.4 is 9.46 Å². The molecule has 2 aromatic rings. The minimum Gasteiger partial charge on any atom is -0.490 e. The molecule has 0 atom stereocenters. The number of carbonyl (C=O) groups excluding carboxylic acids is 1. The fraction of sp³-hybridized carbons (Fsp3) is 0.333. The summed E-state index contributed by atoms with van der Waals surface area (Å²) in [5.41, 5.74) is 0.456. The molecule has 0 saturated heterocycles. The number of benzene rings is 1. The highest BCUT2D eigenvalue weighted by Crippen LogP contribution is 2.27. The van der Waals surface area contributed by atoms with E-state index in [1.165, 1.54) is 30.0 Å². The van der Waals surface area contributed by atoms with E-state index in [0.29, 0.717) is 5.69 Å². The summed E-state index contributed by atoms with van der Waals surface area (Å²) in [6.45, 7) is 0.441. The number of halogens is 1. The summed E-state index contributed by atoms with van der Waals surface area (Å²) >= 11 is 5.88. The largest absolute Gasteiger partial charge is 0.490 e. The van der Waals surface area contributed by atoms with Crippen molar-refractivity contribution in [1.29, 1.82) is 0 Å². The Bertz CT molecular complexity index is 851. The Kier molecular flexibility index (Phi) is 6.40. The first-order valence-corrected chi connectivity index (χ1v) is 9.13. The van der Waals surface area contributed by atoms with Crippen LogP contribution in [0, 0.1) is 0 Å². The van der Waals surface area contributed by atoms with Gasteiger partial charge in [-0.15, -0.1) is 0 Å². The molecule has 136 valence electrons. The summed E-state index contributed by atoms with van der Waals surface area (Å²) < 4.78 is 38.8. The van der Waals surface area contributed by atoms with Gasteiger partial charge in [-0.1, -0.05) is 11.6 Å². The van der Waals surface area contributed by atoms with Gasteiger partial charge in [0.05, 0.1) is 18.7 Å². The first-order valence-electron chi connectivity index (χ1n) is 7.27. The number of nitrogens with one attached hydrogen (secondary N) is 1. The van der Waals surface area contributed by atoms with E-state index in [1.807, 2.05) is 4.72 Å². The van der Waals surface area contributed by atoms with Crippen LogP contribution in [-0.4, -0.2) is 44.4 Å². The third-order valence-electron chi connectivity index (χ3n) is 3.10. The number of nitrogens with zero attached hydrogens (tertiary/aromatic N) is 2. The average Bonchev–Trinajstić information content (AvgIpc) is 2.93. The van der Waals surface area contributed by atoms with Gasteiger partial charge in [-0.05, 0) is 24.3 Å². The van der Waals surface area contributed by atoms with Gasteiger partial charge in [0.2, 0.25) is 5.91 Å². The van der Waals surface area contributed by atoms with Crippen molar-refractivity contribution in [2.45, 2.75) is 11.3 Å². The lowest BCUT2D eigenvalue weighted by molar-refractivity contribution is -0.118. The third kappa shape index (κ3) is 5.45. The van der Waals surface area contributed by atoms with Crippen LogP contribution in [0.5, 0.6) is 5.75 Å². The lowest BCUT2D eigenvalue weighted by atomic mass is 10.3. The van der Waals surface area contributed by atoms with Crippen LogP contribution >= 0.6 is 11.6 Å². The molecule has 1 amide bonds. The number of carbonyl (C=O) groups is 1. The van der Waals surface area contributed by atoms with Gasteiger partial charge in [0, 0.05) is 25.4 Å². The van der Waals surface area contributed by atoms with Crippen molar-refractivity contribution in [3.8, 4) is 5.75 Å². The zero-order valence-corrected chi connectivity index (χ0v) is 15.3. The van der Waals surface area contributed by atoms with Gasteiger partial charge in [-0.2, -0.15) is 5.10 Å². The van der Waals surface area contributed by atoms with Gasteiger partial charge in [0.15, 0.2) is 0 Å². The standard InChI is InChI=1S/C15H18ClN3O5S/c1-19-6-5-12(17-19)10-15(20)18-25(21,22)14-9-11(16)3-4-13(14)24-8-7-23-2/h3-6,9H,7-8,10H2,1-2H3,(H,18,20). The molecule has 0 aliphatic carbocycles. The SMILES string of the molecule is COCCOc1ccc(Cl)cc1S(=O)(=O)NC(=O)Cc1ccn(C)n1. The normalized spacial score (nSPS) is 11.3. The molecule has 0 aliphatic rings. The topological polar surface area (TPSA) is 99.5 Å². The van der Waals surface area contributed by atoms with Gasteiger partial charge in [-0.3, -0.25) is 9.48 Å². The number of ether oxygens (including phenoxy) is 2. The molecule has 0 bridgehead atoms. The van der Waals surface area contributed by atoms with E-state index in [1.54, 1.807) is 19.3 Å². The molecule has 8 nitrogen and oxygen atoms in total. The van der Waals surface area contributed by atoms with Crippen LogP contribution in [0.15, 0.2) is 35.4 Å². The second kappa shape index (κ2) is 8.32. The predicted octanol–water partition coefficient (Wildman–Crippen LogP) is 1.15. The minimum atomic E-state index is -4.15. The summed E-state index contributed by atoms with van der Waals surface area (Å²) in [5, 5.41) is 4.24. The quantitative estimate of drug-likeness (QED) is 0.682. The summed E-state index contributed by atoms with van der Waals surface area (Å²) in [6, 6.07) is 5.78. The Morgan fingerprint density at radius 3 is 2.72 bits per heavy atom. The first-order chi connectivity index (χ1) is 11.8. The van der Waals surface area contributed by atoms with Gasteiger partial charge >= 0.3 is 0 Å². The highest BCUT2D eigenvalue weighted by Gasteiger charge is 2.23. The molecule has 1 aromatic heterocycles. The van der Waals surface area contributed by atoms with Crippen LogP contribution in [0.1, 0.15) is 5.69 Å². The molecule has 0 aliphatic heterocycles. The molecule has 10 heteroatoms. The molecule has 25 heavy (non-hydrogen) atoms. The van der Waals surface area contributed by atoms with Gasteiger partial charge < -0.3 is 9.47 Å². The fourth-order valence-corrected chi connectivity index (χ4v) is 3.40. The van der Waals surface area contributed by atoms with Gasteiger partial charge in [0.25, 0.3) is 10.0 Å². The second-order valence-electron chi connectivity index (χ2n) is 5.12. The summed E-state index contributed by atoms with van der Waals surface area (Å²) in [4.78, 5) is 11.8. The van der Waals surface area contributed by atoms with Gasteiger partial charge in [-0.25, -0.2) is 13.1 Å². The van der Waals surface area contributed by atoms with Crippen LogP contribution in [-0.2, 0) is 33.0 Å². The van der Waals surface area contributed by atoms with E-state index >= 15 is 0 Å². The molecule has 0 saturated carbocycles. The lowest BCUT2D eigenvalue weighted by Gasteiger charge is -2.13. The number of methoxy groups -OCH3 is 1. The van der Waals surface area contributed by atoms with E-state index in [9.17, 15) is 13.2 Å². The molecule has 2 rings (SSSR count). The fourth-order valence-electron chi connectivity index (χ4n) is 2.01. The molecule has 0 unspecified atom stereocenters. The highest BCUT2D eigenvalue weighted by molar-refractivity contribution is 7.90. The number of aryl methyl sites for hydroxylation is 1. The lowest BCUT2D eigenvalue weighted by Crippen LogP contribution is -2.32. The minimum absolute atomic E-state index is 0.0830. The monoisotopic (exact) mass is 387 g/mol. The smallest absolute Gasteiger partial charge is 0.267 e. The van der Waals surface area contributed by atoms with Crippen molar-refractivity contribution in [1.82, 2.24) is 14.5 Å². The van der Waals surface area contributed by atoms with E-state index in [2.05, 4.69) is 5.10 Å². The molecular formula is C15H18ClN3O5S. The Balaban J connectivity index is 2.17. The van der Waals surface area contributed by atoms with Crippen molar-refractivity contribution in [3.05, 3.63) is 41.2 Å². The van der Waals surface area contributed by atoms with E-state index in [0.717, 1.165) is 0 Å². The maximum Gasteiger partial charge on any atom is 0.267 e. The van der Waals surface area contributed by atoms with Crippen LogP contribution in [0.25, 0.3) is 0 Å². The van der Waals surface area contributed by atoms with Crippen molar-refractivity contribution in [2.24, 2.45) is 7.05 Å².